The zero-order valence-corrected chi connectivity index (χ0v) is 11.6. The van der Waals surface area contributed by atoms with Crippen molar-refractivity contribution in [2.45, 2.75) is 19.5 Å². The van der Waals surface area contributed by atoms with Crippen molar-refractivity contribution in [1.29, 1.82) is 0 Å². The van der Waals surface area contributed by atoms with E-state index in [0.717, 1.165) is 10.0 Å². The SMILES string of the molecule is CC(NCc1cc(Br)ccc1F)c1ccncc1. The van der Waals surface area contributed by atoms with E-state index in [0.29, 0.717) is 12.1 Å². The second-order valence-corrected chi connectivity index (χ2v) is 5.03. The maximum Gasteiger partial charge on any atom is 0.127 e. The summed E-state index contributed by atoms with van der Waals surface area (Å²) in [4.78, 5) is 3.98. The molecule has 0 radical (unpaired) electrons. The Hall–Kier alpha value is -1.26. The molecule has 0 spiro atoms. The number of nitrogens with one attached hydrogen (secondary N) is 1. The summed E-state index contributed by atoms with van der Waals surface area (Å²) in [6.07, 6.45) is 3.51. The van der Waals surface area contributed by atoms with Crippen LogP contribution >= 0.6 is 15.9 Å². The molecule has 0 bridgehead atoms. The van der Waals surface area contributed by atoms with Crippen molar-refractivity contribution in [1.82, 2.24) is 10.3 Å². The number of aromatic nitrogens is 1. The number of halogens is 2. The Balaban J connectivity index is 2.01. The molecule has 18 heavy (non-hydrogen) atoms. The van der Waals surface area contributed by atoms with E-state index in [9.17, 15) is 4.39 Å². The number of hydrogen-bond acceptors (Lipinski definition) is 2. The number of hydrogen-bond donors (Lipinski definition) is 1. The van der Waals surface area contributed by atoms with E-state index in [2.05, 4.69) is 26.2 Å². The van der Waals surface area contributed by atoms with E-state index < -0.39 is 0 Å². The number of benzene rings is 1. The van der Waals surface area contributed by atoms with Gasteiger partial charge in [-0.1, -0.05) is 15.9 Å². The summed E-state index contributed by atoms with van der Waals surface area (Å²) in [5.41, 5.74) is 1.80. The zero-order valence-electron chi connectivity index (χ0n) is 10.0. The molecule has 0 amide bonds. The average molecular weight is 309 g/mol. The van der Waals surface area contributed by atoms with Crippen LogP contribution in [-0.4, -0.2) is 4.98 Å². The first-order valence-electron chi connectivity index (χ1n) is 5.74. The van der Waals surface area contributed by atoms with E-state index in [1.807, 2.05) is 19.1 Å². The predicted octanol–water partition coefficient (Wildman–Crippen LogP) is 3.83. The topological polar surface area (TPSA) is 24.9 Å². The van der Waals surface area contributed by atoms with E-state index in [1.54, 1.807) is 24.5 Å². The average Bonchev–Trinajstić information content (AvgIpc) is 2.40. The van der Waals surface area contributed by atoms with Crippen LogP contribution in [0.4, 0.5) is 4.39 Å². The van der Waals surface area contributed by atoms with Crippen LogP contribution in [0.25, 0.3) is 0 Å². The highest BCUT2D eigenvalue weighted by atomic mass is 79.9. The quantitative estimate of drug-likeness (QED) is 0.928. The predicted molar refractivity (Wildman–Crippen MR) is 73.6 cm³/mol. The molecule has 0 aliphatic rings. The van der Waals surface area contributed by atoms with Crippen molar-refractivity contribution in [3.8, 4) is 0 Å². The molecule has 94 valence electrons. The van der Waals surface area contributed by atoms with Gasteiger partial charge in [0.2, 0.25) is 0 Å². The minimum Gasteiger partial charge on any atom is -0.306 e. The molecule has 2 aromatic rings. The van der Waals surface area contributed by atoms with Crippen molar-refractivity contribution in [2.75, 3.05) is 0 Å². The molecule has 0 fully saturated rings. The maximum atomic E-state index is 13.6. The highest BCUT2D eigenvalue weighted by Crippen LogP contribution is 2.17. The molecule has 2 rings (SSSR count). The van der Waals surface area contributed by atoms with E-state index in [-0.39, 0.29) is 11.9 Å². The molecule has 0 saturated heterocycles. The fourth-order valence-electron chi connectivity index (χ4n) is 1.71. The Morgan fingerprint density at radius 3 is 2.72 bits per heavy atom. The smallest absolute Gasteiger partial charge is 0.127 e. The van der Waals surface area contributed by atoms with E-state index in [1.165, 1.54) is 6.07 Å². The lowest BCUT2D eigenvalue weighted by molar-refractivity contribution is 0.543. The normalized spacial score (nSPS) is 12.4. The molecular weight excluding hydrogens is 295 g/mol. The molecule has 4 heteroatoms. The van der Waals surface area contributed by atoms with Gasteiger partial charge in [0.1, 0.15) is 5.82 Å². The van der Waals surface area contributed by atoms with Crippen molar-refractivity contribution in [3.05, 3.63) is 64.1 Å². The van der Waals surface area contributed by atoms with Gasteiger partial charge in [0.25, 0.3) is 0 Å². The standard InChI is InChI=1S/C14H14BrFN2/c1-10(11-4-6-17-7-5-11)18-9-12-8-13(15)2-3-14(12)16/h2-8,10,18H,9H2,1H3. The lowest BCUT2D eigenvalue weighted by Crippen LogP contribution is -2.18. The fourth-order valence-corrected chi connectivity index (χ4v) is 2.12. The van der Waals surface area contributed by atoms with Crippen LogP contribution in [0.15, 0.2) is 47.2 Å². The Morgan fingerprint density at radius 1 is 1.28 bits per heavy atom. The van der Waals surface area contributed by atoms with Gasteiger partial charge in [-0.3, -0.25) is 4.98 Å². The Morgan fingerprint density at radius 2 is 2.00 bits per heavy atom. The minimum absolute atomic E-state index is 0.159. The molecule has 0 saturated carbocycles. The Bertz CT molecular complexity index is 516. The molecule has 1 atom stereocenters. The lowest BCUT2D eigenvalue weighted by atomic mass is 10.1. The number of nitrogens with zero attached hydrogens (tertiary/aromatic N) is 1. The molecular formula is C14H14BrFN2. The third kappa shape index (κ3) is 3.37. The van der Waals surface area contributed by atoms with Crippen LogP contribution in [0.3, 0.4) is 0 Å². The van der Waals surface area contributed by atoms with Crippen LogP contribution in [0.1, 0.15) is 24.1 Å². The van der Waals surface area contributed by atoms with Gasteiger partial charge in [-0.15, -0.1) is 0 Å². The van der Waals surface area contributed by atoms with Crippen LogP contribution < -0.4 is 5.32 Å². The van der Waals surface area contributed by atoms with Gasteiger partial charge in [-0.25, -0.2) is 4.39 Å². The first kappa shape index (κ1) is 13.2. The highest BCUT2D eigenvalue weighted by molar-refractivity contribution is 9.10. The molecule has 1 unspecified atom stereocenters. The van der Waals surface area contributed by atoms with Gasteiger partial charge in [0.15, 0.2) is 0 Å². The van der Waals surface area contributed by atoms with Gasteiger partial charge >= 0.3 is 0 Å². The van der Waals surface area contributed by atoms with Gasteiger partial charge in [0.05, 0.1) is 0 Å². The molecule has 1 aromatic heterocycles. The summed E-state index contributed by atoms with van der Waals surface area (Å²) in [5.74, 6) is -0.187. The molecule has 1 N–H and O–H groups in total. The maximum absolute atomic E-state index is 13.6. The van der Waals surface area contributed by atoms with Gasteiger partial charge in [-0.05, 0) is 42.8 Å². The Labute approximate surface area is 114 Å². The lowest BCUT2D eigenvalue weighted by Gasteiger charge is -2.14. The molecule has 0 aliphatic carbocycles. The fraction of sp³-hybridized carbons (Fsp3) is 0.214. The first-order chi connectivity index (χ1) is 8.66. The Kier molecular flexibility index (Phi) is 4.44. The molecule has 2 nitrogen and oxygen atoms in total. The van der Waals surface area contributed by atoms with E-state index >= 15 is 0 Å². The van der Waals surface area contributed by atoms with Crippen LogP contribution in [0, 0.1) is 5.82 Å². The van der Waals surface area contributed by atoms with Gasteiger partial charge in [0, 0.05) is 35.0 Å². The second-order valence-electron chi connectivity index (χ2n) is 4.12. The summed E-state index contributed by atoms with van der Waals surface area (Å²) in [7, 11) is 0. The minimum atomic E-state index is -0.187. The van der Waals surface area contributed by atoms with Gasteiger partial charge < -0.3 is 5.32 Å². The van der Waals surface area contributed by atoms with Crippen molar-refractivity contribution < 1.29 is 4.39 Å². The zero-order chi connectivity index (χ0) is 13.0. The van der Waals surface area contributed by atoms with Crippen molar-refractivity contribution >= 4 is 15.9 Å². The monoisotopic (exact) mass is 308 g/mol. The molecule has 0 aliphatic heterocycles. The second kappa shape index (κ2) is 6.07. The number of rotatable bonds is 4. The van der Waals surface area contributed by atoms with Gasteiger partial charge in [-0.2, -0.15) is 0 Å². The molecule has 1 aromatic carbocycles. The van der Waals surface area contributed by atoms with Crippen molar-refractivity contribution in [3.63, 3.8) is 0 Å². The first-order valence-corrected chi connectivity index (χ1v) is 6.53. The largest absolute Gasteiger partial charge is 0.306 e. The van der Waals surface area contributed by atoms with Crippen molar-refractivity contribution in [2.24, 2.45) is 0 Å². The summed E-state index contributed by atoms with van der Waals surface area (Å²) in [5, 5.41) is 3.29. The summed E-state index contributed by atoms with van der Waals surface area (Å²) < 4.78 is 14.4. The van der Waals surface area contributed by atoms with Crippen LogP contribution in [0.5, 0.6) is 0 Å². The third-order valence-electron chi connectivity index (χ3n) is 2.81. The summed E-state index contributed by atoms with van der Waals surface area (Å²) >= 11 is 3.35. The van der Waals surface area contributed by atoms with Crippen LogP contribution in [0.2, 0.25) is 0 Å². The molecule has 1 heterocycles. The highest BCUT2D eigenvalue weighted by Gasteiger charge is 2.07. The number of pyridine rings is 1. The van der Waals surface area contributed by atoms with E-state index in [4.69, 9.17) is 0 Å². The van der Waals surface area contributed by atoms with Crippen LogP contribution in [-0.2, 0) is 6.54 Å². The third-order valence-corrected chi connectivity index (χ3v) is 3.31. The summed E-state index contributed by atoms with van der Waals surface area (Å²) in [6, 6.07) is 9.03. The summed E-state index contributed by atoms with van der Waals surface area (Å²) in [6.45, 7) is 2.54.